The maximum Gasteiger partial charge on any atom is 0.408 e. The predicted molar refractivity (Wildman–Crippen MR) is 95.0 cm³/mol. The molecule has 0 unspecified atom stereocenters. The first-order chi connectivity index (χ1) is 11.2. The quantitative estimate of drug-likeness (QED) is 0.410. The molecule has 0 bridgehead atoms. The van der Waals surface area contributed by atoms with Crippen LogP contribution in [0.15, 0.2) is 24.3 Å². The fourth-order valence-electron chi connectivity index (χ4n) is 1.52. The van der Waals surface area contributed by atoms with Crippen LogP contribution in [0.4, 0.5) is 10.5 Å². The summed E-state index contributed by atoms with van der Waals surface area (Å²) >= 11 is 0. The molecule has 0 spiro atoms. The van der Waals surface area contributed by atoms with E-state index in [0.29, 0.717) is 6.54 Å². The molecule has 1 aromatic carbocycles. The van der Waals surface area contributed by atoms with E-state index in [1.807, 2.05) is 31.3 Å². The zero-order chi connectivity index (χ0) is 18.6. The van der Waals surface area contributed by atoms with Gasteiger partial charge in [0.05, 0.1) is 6.34 Å². The third-order valence-electron chi connectivity index (χ3n) is 2.52. The van der Waals surface area contributed by atoms with Crippen molar-refractivity contribution in [2.24, 2.45) is 5.73 Å². The molecular weight excluding hydrogens is 310 g/mol. The molecule has 0 atom stereocenters. The summed E-state index contributed by atoms with van der Waals surface area (Å²) in [5, 5.41) is 14.0. The van der Waals surface area contributed by atoms with E-state index in [9.17, 15) is 9.59 Å². The third kappa shape index (κ3) is 10.9. The fraction of sp³-hybridized carbons (Fsp3) is 0.438. The molecule has 0 saturated carbocycles. The van der Waals surface area contributed by atoms with E-state index in [1.165, 1.54) is 0 Å². The predicted octanol–water partition coefficient (Wildman–Crippen LogP) is 1.42. The second-order valence-electron chi connectivity index (χ2n) is 5.75. The lowest BCUT2D eigenvalue weighted by Gasteiger charge is -2.19. The zero-order valence-electron chi connectivity index (χ0n) is 14.6. The average Bonchev–Trinajstić information content (AvgIpc) is 2.50. The van der Waals surface area contributed by atoms with Crippen LogP contribution in [-0.2, 0) is 16.1 Å². The van der Waals surface area contributed by atoms with Crippen molar-refractivity contribution in [1.82, 2.24) is 10.6 Å². The van der Waals surface area contributed by atoms with E-state index in [4.69, 9.17) is 10.1 Å². The smallest absolute Gasteiger partial charge is 0.408 e. The Morgan fingerprint density at radius 1 is 1.21 bits per heavy atom. The van der Waals surface area contributed by atoms with Gasteiger partial charge < -0.3 is 26.4 Å². The molecule has 0 aromatic heterocycles. The number of hydrogen-bond donors (Lipinski definition) is 5. The Hall–Kier alpha value is -2.77. The van der Waals surface area contributed by atoms with Gasteiger partial charge in [0.2, 0.25) is 5.91 Å². The molecule has 0 aliphatic rings. The summed E-state index contributed by atoms with van der Waals surface area (Å²) in [4.78, 5) is 23.0. The Labute approximate surface area is 142 Å². The Kier molecular flexibility index (Phi) is 9.62. The first-order valence-corrected chi connectivity index (χ1v) is 7.42. The number of amides is 2. The number of carbonyl (C=O) groups excluding carboxylic acids is 2. The van der Waals surface area contributed by atoms with E-state index in [1.54, 1.807) is 20.8 Å². The van der Waals surface area contributed by atoms with Crippen molar-refractivity contribution in [2.75, 3.05) is 18.9 Å². The van der Waals surface area contributed by atoms with Crippen molar-refractivity contribution in [2.45, 2.75) is 32.9 Å². The van der Waals surface area contributed by atoms with Crippen molar-refractivity contribution in [3.8, 4) is 0 Å². The Bertz CT molecular complexity index is 524. The van der Waals surface area contributed by atoms with Crippen LogP contribution in [0.25, 0.3) is 0 Å². The summed E-state index contributed by atoms with van der Waals surface area (Å²) in [6.07, 6.45) is 0.149. The molecular formula is C16H27N5O3. The number of rotatable bonds is 5. The SMILES string of the molecule is CNc1ccc(CNC(=O)CNC(=O)OC(C)(C)C)cc1.N=CN. The van der Waals surface area contributed by atoms with Gasteiger partial charge in [-0.15, -0.1) is 0 Å². The summed E-state index contributed by atoms with van der Waals surface area (Å²) in [5.74, 6) is -0.265. The second-order valence-corrected chi connectivity index (χ2v) is 5.75. The van der Waals surface area contributed by atoms with Crippen LogP contribution in [0, 0.1) is 5.41 Å². The molecule has 0 radical (unpaired) electrons. The Balaban J connectivity index is 0.00000163. The van der Waals surface area contributed by atoms with Gasteiger partial charge in [0.25, 0.3) is 0 Å². The normalized spacial score (nSPS) is 9.83. The zero-order valence-corrected chi connectivity index (χ0v) is 14.6. The Morgan fingerprint density at radius 3 is 2.21 bits per heavy atom. The first kappa shape index (κ1) is 21.2. The minimum absolute atomic E-state index is 0.108. The number of nitrogens with two attached hydrogens (primary N) is 1. The molecule has 134 valence electrons. The van der Waals surface area contributed by atoms with Crippen molar-refractivity contribution in [1.29, 1.82) is 5.41 Å². The van der Waals surface area contributed by atoms with Crippen LogP contribution in [0.3, 0.4) is 0 Å². The highest BCUT2D eigenvalue weighted by atomic mass is 16.6. The molecule has 0 saturated heterocycles. The minimum atomic E-state index is -0.601. The monoisotopic (exact) mass is 337 g/mol. The van der Waals surface area contributed by atoms with Gasteiger partial charge in [0.15, 0.2) is 0 Å². The number of anilines is 1. The summed E-state index contributed by atoms with van der Waals surface area (Å²) in [6.45, 7) is 5.60. The number of hydrogen-bond acceptors (Lipinski definition) is 5. The molecule has 0 aliphatic carbocycles. The highest BCUT2D eigenvalue weighted by Crippen LogP contribution is 2.08. The lowest BCUT2D eigenvalue weighted by Crippen LogP contribution is -2.39. The highest BCUT2D eigenvalue weighted by Gasteiger charge is 2.16. The molecule has 8 nitrogen and oxygen atoms in total. The van der Waals surface area contributed by atoms with Crippen LogP contribution >= 0.6 is 0 Å². The highest BCUT2D eigenvalue weighted by molar-refractivity contribution is 5.82. The van der Waals surface area contributed by atoms with Gasteiger partial charge in [0, 0.05) is 19.3 Å². The van der Waals surface area contributed by atoms with Crippen LogP contribution in [0.2, 0.25) is 0 Å². The van der Waals surface area contributed by atoms with Crippen LogP contribution in [-0.4, -0.2) is 37.5 Å². The maximum atomic E-state index is 11.6. The van der Waals surface area contributed by atoms with E-state index in [-0.39, 0.29) is 12.5 Å². The standard InChI is InChI=1S/C15H23N3O3.CH4N2/c1-15(2,3)21-14(20)18-10-13(19)17-9-11-5-7-12(16-4)8-6-11;2-1-3/h5-8,16H,9-10H2,1-4H3,(H,17,19)(H,18,20);1H,(H3,2,3). The van der Waals surface area contributed by atoms with Gasteiger partial charge in [-0.1, -0.05) is 12.1 Å². The molecule has 1 rings (SSSR count). The summed E-state index contributed by atoms with van der Waals surface area (Å²) in [7, 11) is 1.85. The molecule has 0 fully saturated rings. The van der Waals surface area contributed by atoms with Gasteiger partial charge in [-0.3, -0.25) is 10.2 Å². The fourth-order valence-corrected chi connectivity index (χ4v) is 1.52. The van der Waals surface area contributed by atoms with Gasteiger partial charge in [-0.2, -0.15) is 0 Å². The number of benzene rings is 1. The summed E-state index contributed by atoms with van der Waals surface area (Å²) in [5.41, 5.74) is 5.81. The van der Waals surface area contributed by atoms with Gasteiger partial charge in [-0.05, 0) is 38.5 Å². The largest absolute Gasteiger partial charge is 0.444 e. The molecule has 0 heterocycles. The summed E-state index contributed by atoms with van der Waals surface area (Å²) in [6, 6.07) is 7.71. The van der Waals surface area contributed by atoms with Crippen LogP contribution in [0.5, 0.6) is 0 Å². The van der Waals surface area contributed by atoms with Crippen molar-refractivity contribution < 1.29 is 14.3 Å². The molecule has 1 aromatic rings. The minimum Gasteiger partial charge on any atom is -0.444 e. The van der Waals surface area contributed by atoms with Crippen LogP contribution in [0.1, 0.15) is 26.3 Å². The van der Waals surface area contributed by atoms with Gasteiger partial charge >= 0.3 is 6.09 Å². The number of alkyl carbamates (subject to hydrolysis) is 1. The average molecular weight is 337 g/mol. The van der Waals surface area contributed by atoms with E-state index in [2.05, 4.69) is 21.7 Å². The van der Waals surface area contributed by atoms with Crippen LogP contribution < -0.4 is 21.7 Å². The number of carbonyl (C=O) groups is 2. The number of nitrogens with one attached hydrogen (secondary N) is 4. The first-order valence-electron chi connectivity index (χ1n) is 7.42. The maximum absolute atomic E-state index is 11.6. The van der Waals surface area contributed by atoms with E-state index >= 15 is 0 Å². The summed E-state index contributed by atoms with van der Waals surface area (Å²) < 4.78 is 5.04. The lowest BCUT2D eigenvalue weighted by atomic mass is 10.2. The molecule has 8 heteroatoms. The topological polar surface area (TPSA) is 129 Å². The molecule has 24 heavy (non-hydrogen) atoms. The van der Waals surface area contributed by atoms with E-state index < -0.39 is 11.7 Å². The molecule has 2 amide bonds. The second kappa shape index (κ2) is 10.9. The number of ether oxygens (including phenoxy) is 1. The Morgan fingerprint density at radius 2 is 1.75 bits per heavy atom. The van der Waals surface area contributed by atoms with Crippen molar-refractivity contribution >= 4 is 24.0 Å². The van der Waals surface area contributed by atoms with E-state index in [0.717, 1.165) is 17.6 Å². The van der Waals surface area contributed by atoms with Gasteiger partial charge in [0.1, 0.15) is 12.1 Å². The molecule has 0 aliphatic heterocycles. The lowest BCUT2D eigenvalue weighted by molar-refractivity contribution is -0.120. The third-order valence-corrected chi connectivity index (χ3v) is 2.52. The van der Waals surface area contributed by atoms with Gasteiger partial charge in [-0.25, -0.2) is 4.79 Å². The van der Waals surface area contributed by atoms with Crippen molar-refractivity contribution in [3.63, 3.8) is 0 Å². The molecule has 6 N–H and O–H groups in total. The van der Waals surface area contributed by atoms with Crippen molar-refractivity contribution in [3.05, 3.63) is 29.8 Å².